The first-order chi connectivity index (χ1) is 10.6. The number of hydrogen-bond acceptors (Lipinski definition) is 2. The predicted octanol–water partition coefficient (Wildman–Crippen LogP) is 3.92. The van der Waals surface area contributed by atoms with Crippen LogP contribution < -0.4 is 5.32 Å². The van der Waals surface area contributed by atoms with Crippen LogP contribution >= 0.6 is 0 Å². The van der Waals surface area contributed by atoms with E-state index in [9.17, 15) is 9.18 Å². The quantitative estimate of drug-likeness (QED) is 0.877. The third-order valence-corrected chi connectivity index (χ3v) is 3.64. The first kappa shape index (κ1) is 16.2. The highest BCUT2D eigenvalue weighted by Gasteiger charge is 2.09. The second kappa shape index (κ2) is 7.71. The van der Waals surface area contributed by atoms with Gasteiger partial charge in [0.05, 0.1) is 5.69 Å². The molecular formula is C18H21FN2O. The molecule has 22 heavy (non-hydrogen) atoms. The second-order valence-electron chi connectivity index (χ2n) is 5.09. The molecule has 0 fully saturated rings. The number of carbonyl (C=O) groups excluding carboxylic acids is 1. The SMILES string of the molecule is CCN(CC)Cc1ccc(C(=O)Nc2ccccc2F)cc1. The fourth-order valence-electron chi connectivity index (χ4n) is 2.22. The number of hydrogen-bond donors (Lipinski definition) is 1. The molecule has 1 N–H and O–H groups in total. The van der Waals surface area contributed by atoms with E-state index in [4.69, 9.17) is 0 Å². The Bertz CT molecular complexity index is 621. The van der Waals surface area contributed by atoms with Crippen LogP contribution in [0.15, 0.2) is 48.5 Å². The number of halogens is 1. The predicted molar refractivity (Wildman–Crippen MR) is 87.4 cm³/mol. The van der Waals surface area contributed by atoms with Crippen molar-refractivity contribution in [2.75, 3.05) is 18.4 Å². The van der Waals surface area contributed by atoms with E-state index in [1.807, 2.05) is 12.1 Å². The van der Waals surface area contributed by atoms with Crippen LogP contribution in [0.5, 0.6) is 0 Å². The molecule has 116 valence electrons. The minimum Gasteiger partial charge on any atom is -0.319 e. The van der Waals surface area contributed by atoms with Gasteiger partial charge in [0.15, 0.2) is 0 Å². The van der Waals surface area contributed by atoms with Crippen LogP contribution in [-0.2, 0) is 6.54 Å². The lowest BCUT2D eigenvalue weighted by molar-refractivity contribution is 0.102. The van der Waals surface area contributed by atoms with Crippen LogP contribution in [-0.4, -0.2) is 23.9 Å². The summed E-state index contributed by atoms with van der Waals surface area (Å²) in [6.45, 7) is 7.10. The highest BCUT2D eigenvalue weighted by Crippen LogP contribution is 2.14. The van der Waals surface area contributed by atoms with Crippen LogP contribution in [0.4, 0.5) is 10.1 Å². The maximum Gasteiger partial charge on any atom is 0.255 e. The molecule has 0 heterocycles. The topological polar surface area (TPSA) is 32.3 Å². The number of nitrogens with one attached hydrogen (secondary N) is 1. The molecule has 4 heteroatoms. The summed E-state index contributed by atoms with van der Waals surface area (Å²) in [5, 5.41) is 2.58. The first-order valence-electron chi connectivity index (χ1n) is 7.51. The van der Waals surface area contributed by atoms with Crippen molar-refractivity contribution in [1.82, 2.24) is 4.90 Å². The molecule has 3 nitrogen and oxygen atoms in total. The van der Waals surface area contributed by atoms with E-state index in [-0.39, 0.29) is 11.6 Å². The van der Waals surface area contributed by atoms with E-state index in [2.05, 4.69) is 24.1 Å². The molecule has 0 spiro atoms. The molecule has 2 rings (SSSR count). The number of para-hydroxylation sites is 1. The van der Waals surface area contributed by atoms with E-state index in [1.165, 1.54) is 6.07 Å². The van der Waals surface area contributed by atoms with Gasteiger partial charge in [0.2, 0.25) is 0 Å². The van der Waals surface area contributed by atoms with Crippen molar-refractivity contribution in [3.05, 3.63) is 65.5 Å². The summed E-state index contributed by atoms with van der Waals surface area (Å²) >= 11 is 0. The Kier molecular flexibility index (Phi) is 5.67. The first-order valence-corrected chi connectivity index (χ1v) is 7.51. The largest absolute Gasteiger partial charge is 0.319 e. The fraction of sp³-hybridized carbons (Fsp3) is 0.278. The number of anilines is 1. The molecule has 0 aliphatic carbocycles. The summed E-state index contributed by atoms with van der Waals surface area (Å²) in [6, 6.07) is 13.6. The van der Waals surface area contributed by atoms with Crippen molar-refractivity contribution in [3.8, 4) is 0 Å². The number of carbonyl (C=O) groups is 1. The maximum absolute atomic E-state index is 13.5. The van der Waals surface area contributed by atoms with Gasteiger partial charge in [-0.2, -0.15) is 0 Å². The molecule has 0 aliphatic rings. The van der Waals surface area contributed by atoms with E-state index in [1.54, 1.807) is 30.3 Å². The summed E-state index contributed by atoms with van der Waals surface area (Å²) in [4.78, 5) is 14.4. The van der Waals surface area contributed by atoms with Crippen molar-refractivity contribution >= 4 is 11.6 Å². The number of amides is 1. The Morgan fingerprint density at radius 1 is 1.05 bits per heavy atom. The molecule has 0 aliphatic heterocycles. The molecule has 0 bridgehead atoms. The van der Waals surface area contributed by atoms with Gasteiger partial charge in [0.25, 0.3) is 5.91 Å². The minimum absolute atomic E-state index is 0.194. The van der Waals surface area contributed by atoms with Crippen molar-refractivity contribution in [3.63, 3.8) is 0 Å². The Labute approximate surface area is 130 Å². The Hall–Kier alpha value is -2.20. The zero-order chi connectivity index (χ0) is 15.9. The fourth-order valence-corrected chi connectivity index (χ4v) is 2.22. The molecule has 0 saturated heterocycles. The van der Waals surface area contributed by atoms with Crippen LogP contribution in [0.2, 0.25) is 0 Å². The van der Waals surface area contributed by atoms with Gasteiger partial charge in [-0.3, -0.25) is 9.69 Å². The molecule has 1 amide bonds. The average molecular weight is 300 g/mol. The lowest BCUT2D eigenvalue weighted by atomic mass is 10.1. The third kappa shape index (κ3) is 4.15. The molecule has 0 atom stereocenters. The monoisotopic (exact) mass is 300 g/mol. The van der Waals surface area contributed by atoms with Gasteiger partial charge in [-0.25, -0.2) is 4.39 Å². The number of benzene rings is 2. The Morgan fingerprint density at radius 3 is 2.27 bits per heavy atom. The highest BCUT2D eigenvalue weighted by molar-refractivity contribution is 6.04. The van der Waals surface area contributed by atoms with Gasteiger partial charge in [0.1, 0.15) is 5.82 Å². The summed E-state index contributed by atoms with van der Waals surface area (Å²) in [6.07, 6.45) is 0. The zero-order valence-electron chi connectivity index (χ0n) is 13.0. The van der Waals surface area contributed by atoms with E-state index in [0.29, 0.717) is 5.56 Å². The van der Waals surface area contributed by atoms with E-state index >= 15 is 0 Å². The minimum atomic E-state index is -0.436. The van der Waals surface area contributed by atoms with E-state index < -0.39 is 5.82 Å². The number of nitrogens with zero attached hydrogens (tertiary/aromatic N) is 1. The van der Waals surface area contributed by atoms with Crippen molar-refractivity contribution < 1.29 is 9.18 Å². The van der Waals surface area contributed by atoms with Crippen LogP contribution in [0.3, 0.4) is 0 Å². The zero-order valence-corrected chi connectivity index (χ0v) is 13.0. The highest BCUT2D eigenvalue weighted by atomic mass is 19.1. The molecule has 0 unspecified atom stereocenters. The Balaban J connectivity index is 2.04. The third-order valence-electron chi connectivity index (χ3n) is 3.64. The molecule has 0 radical (unpaired) electrons. The standard InChI is InChI=1S/C18H21FN2O/c1-3-21(4-2)13-14-9-11-15(12-10-14)18(22)20-17-8-6-5-7-16(17)19/h5-12H,3-4,13H2,1-2H3,(H,20,22). The molecule has 2 aromatic rings. The lowest BCUT2D eigenvalue weighted by Gasteiger charge is -2.18. The normalized spacial score (nSPS) is 10.7. The summed E-state index contributed by atoms with van der Waals surface area (Å²) in [5.74, 6) is -0.742. The number of rotatable bonds is 6. The lowest BCUT2D eigenvalue weighted by Crippen LogP contribution is -2.22. The van der Waals surface area contributed by atoms with Gasteiger partial charge in [-0.15, -0.1) is 0 Å². The van der Waals surface area contributed by atoms with Crippen LogP contribution in [0.25, 0.3) is 0 Å². The van der Waals surface area contributed by atoms with Gasteiger partial charge in [0, 0.05) is 12.1 Å². The van der Waals surface area contributed by atoms with Crippen LogP contribution in [0.1, 0.15) is 29.8 Å². The van der Waals surface area contributed by atoms with Gasteiger partial charge in [-0.05, 0) is 42.9 Å². The smallest absolute Gasteiger partial charge is 0.255 e. The van der Waals surface area contributed by atoms with Crippen molar-refractivity contribution in [1.29, 1.82) is 0 Å². The maximum atomic E-state index is 13.5. The molecular weight excluding hydrogens is 279 g/mol. The van der Waals surface area contributed by atoms with Gasteiger partial charge >= 0.3 is 0 Å². The second-order valence-corrected chi connectivity index (χ2v) is 5.09. The van der Waals surface area contributed by atoms with E-state index in [0.717, 1.165) is 25.2 Å². The molecule has 0 saturated carbocycles. The Morgan fingerprint density at radius 2 is 1.68 bits per heavy atom. The van der Waals surface area contributed by atoms with Gasteiger partial charge in [-0.1, -0.05) is 38.1 Å². The molecule has 2 aromatic carbocycles. The summed E-state index contributed by atoms with van der Waals surface area (Å²) in [5.41, 5.74) is 1.87. The summed E-state index contributed by atoms with van der Waals surface area (Å²) in [7, 11) is 0. The molecule has 0 aromatic heterocycles. The average Bonchev–Trinajstić information content (AvgIpc) is 2.55. The van der Waals surface area contributed by atoms with Gasteiger partial charge < -0.3 is 5.32 Å². The van der Waals surface area contributed by atoms with Crippen molar-refractivity contribution in [2.45, 2.75) is 20.4 Å². The summed E-state index contributed by atoms with van der Waals surface area (Å²) < 4.78 is 13.5. The van der Waals surface area contributed by atoms with Crippen LogP contribution in [0, 0.1) is 5.82 Å². The van der Waals surface area contributed by atoms with Crippen molar-refractivity contribution in [2.24, 2.45) is 0 Å².